The van der Waals surface area contributed by atoms with E-state index in [-0.39, 0.29) is 39.5 Å². The summed E-state index contributed by atoms with van der Waals surface area (Å²) in [7, 11) is 0. The normalized spacial score (nSPS) is 15.6. The molecular weight excluding hydrogens is 374 g/mol. The van der Waals surface area contributed by atoms with Crippen molar-refractivity contribution in [2.24, 2.45) is 0 Å². The van der Waals surface area contributed by atoms with Crippen molar-refractivity contribution in [1.29, 1.82) is 0 Å². The predicted octanol–water partition coefficient (Wildman–Crippen LogP) is 5.00. The number of aryl methyl sites for hydroxylation is 2. The van der Waals surface area contributed by atoms with Crippen LogP contribution in [0.15, 0.2) is 40.9 Å². The van der Waals surface area contributed by atoms with Crippen LogP contribution >= 0.6 is 11.6 Å². The molecule has 1 heterocycles. The number of benzene rings is 2. The van der Waals surface area contributed by atoms with Gasteiger partial charge in [-0.15, -0.1) is 0 Å². The molecule has 0 spiro atoms. The fraction of sp³-hybridized carbons (Fsp3) is 0.200. The highest BCUT2D eigenvalue weighted by Crippen LogP contribution is 2.35. The monoisotopic (exact) mass is 388 g/mol. The minimum absolute atomic E-state index is 0.0232. The van der Waals surface area contributed by atoms with Gasteiger partial charge in [-0.1, -0.05) is 28.9 Å². The molecular formula is C20H15ClF2N2O2. The molecule has 1 aliphatic rings. The van der Waals surface area contributed by atoms with Gasteiger partial charge in [-0.3, -0.25) is 4.79 Å². The quantitative estimate of drug-likeness (QED) is 0.687. The van der Waals surface area contributed by atoms with Crippen LogP contribution in [0.5, 0.6) is 0 Å². The van der Waals surface area contributed by atoms with E-state index in [0.29, 0.717) is 12.8 Å². The van der Waals surface area contributed by atoms with Gasteiger partial charge in [-0.05, 0) is 55.2 Å². The fourth-order valence-corrected chi connectivity index (χ4v) is 3.75. The van der Waals surface area contributed by atoms with Crippen LogP contribution in [0.2, 0.25) is 5.02 Å². The summed E-state index contributed by atoms with van der Waals surface area (Å²) in [5.74, 6) is -1.07. The van der Waals surface area contributed by atoms with Crippen molar-refractivity contribution < 1.29 is 18.1 Å². The van der Waals surface area contributed by atoms with E-state index in [9.17, 15) is 13.6 Å². The highest BCUT2D eigenvalue weighted by atomic mass is 35.5. The first-order valence-corrected chi connectivity index (χ1v) is 8.83. The Morgan fingerprint density at radius 3 is 2.89 bits per heavy atom. The maximum Gasteiger partial charge on any atom is 0.257 e. The lowest BCUT2D eigenvalue weighted by Crippen LogP contribution is -2.27. The molecule has 0 radical (unpaired) electrons. The second-order valence-corrected chi connectivity index (χ2v) is 6.87. The smallest absolute Gasteiger partial charge is 0.257 e. The van der Waals surface area contributed by atoms with Crippen LogP contribution in [0.1, 0.15) is 39.7 Å². The molecule has 1 aromatic heterocycles. The summed E-state index contributed by atoms with van der Waals surface area (Å²) in [5, 5.41) is 6.91. The van der Waals surface area contributed by atoms with Crippen molar-refractivity contribution in [2.75, 3.05) is 0 Å². The molecule has 138 valence electrons. The Balaban J connectivity index is 1.68. The van der Waals surface area contributed by atoms with Crippen LogP contribution in [-0.4, -0.2) is 11.1 Å². The second-order valence-electron chi connectivity index (χ2n) is 6.47. The van der Waals surface area contributed by atoms with Crippen molar-refractivity contribution >= 4 is 17.5 Å². The minimum atomic E-state index is -0.591. The SMILES string of the molecule is Cc1onc(-c2c(F)cccc2Cl)c1C(=O)NC1CCc2cc(F)ccc21. The summed E-state index contributed by atoms with van der Waals surface area (Å²) >= 11 is 6.11. The lowest BCUT2D eigenvalue weighted by Gasteiger charge is -2.14. The molecule has 7 heteroatoms. The van der Waals surface area contributed by atoms with E-state index in [2.05, 4.69) is 10.5 Å². The lowest BCUT2D eigenvalue weighted by molar-refractivity contribution is 0.0935. The Kier molecular flexibility index (Phi) is 4.44. The average molecular weight is 389 g/mol. The van der Waals surface area contributed by atoms with E-state index in [1.807, 2.05) is 0 Å². The van der Waals surface area contributed by atoms with Gasteiger partial charge in [-0.2, -0.15) is 0 Å². The molecule has 1 amide bonds. The van der Waals surface area contributed by atoms with Gasteiger partial charge in [0.2, 0.25) is 0 Å². The molecule has 0 aliphatic heterocycles. The van der Waals surface area contributed by atoms with Crippen molar-refractivity contribution in [3.8, 4) is 11.3 Å². The number of aromatic nitrogens is 1. The number of halogens is 3. The van der Waals surface area contributed by atoms with E-state index in [1.54, 1.807) is 13.0 Å². The zero-order valence-corrected chi connectivity index (χ0v) is 15.1. The number of nitrogens with zero attached hydrogens (tertiary/aromatic N) is 1. The number of nitrogens with one attached hydrogen (secondary N) is 1. The van der Waals surface area contributed by atoms with E-state index in [4.69, 9.17) is 16.1 Å². The van der Waals surface area contributed by atoms with Crippen LogP contribution in [-0.2, 0) is 6.42 Å². The van der Waals surface area contributed by atoms with Crippen LogP contribution in [0.4, 0.5) is 8.78 Å². The summed E-state index contributed by atoms with van der Waals surface area (Å²) < 4.78 is 32.8. The second kappa shape index (κ2) is 6.78. The largest absolute Gasteiger partial charge is 0.360 e. The van der Waals surface area contributed by atoms with Crippen LogP contribution in [0, 0.1) is 18.6 Å². The van der Waals surface area contributed by atoms with Crippen molar-refractivity contribution in [2.45, 2.75) is 25.8 Å². The zero-order valence-electron chi connectivity index (χ0n) is 14.4. The van der Waals surface area contributed by atoms with Gasteiger partial charge in [-0.25, -0.2) is 8.78 Å². The van der Waals surface area contributed by atoms with Crippen LogP contribution in [0.25, 0.3) is 11.3 Å². The van der Waals surface area contributed by atoms with E-state index >= 15 is 0 Å². The van der Waals surface area contributed by atoms with Gasteiger partial charge in [0.05, 0.1) is 16.6 Å². The van der Waals surface area contributed by atoms with Gasteiger partial charge in [0.1, 0.15) is 28.7 Å². The molecule has 4 nitrogen and oxygen atoms in total. The van der Waals surface area contributed by atoms with Gasteiger partial charge in [0, 0.05) is 0 Å². The maximum absolute atomic E-state index is 14.3. The van der Waals surface area contributed by atoms with Gasteiger partial charge < -0.3 is 9.84 Å². The number of hydrogen-bond acceptors (Lipinski definition) is 3. The number of carbonyl (C=O) groups is 1. The third kappa shape index (κ3) is 3.10. The number of carbonyl (C=O) groups excluding carboxylic acids is 1. The lowest BCUT2D eigenvalue weighted by atomic mass is 10.0. The first-order chi connectivity index (χ1) is 13.0. The van der Waals surface area contributed by atoms with Gasteiger partial charge in [0.25, 0.3) is 5.91 Å². The van der Waals surface area contributed by atoms with E-state index in [1.165, 1.54) is 30.3 Å². The van der Waals surface area contributed by atoms with Crippen molar-refractivity contribution in [1.82, 2.24) is 10.5 Å². The number of fused-ring (bicyclic) bond motifs is 1. The standard InChI is InChI=1S/C20H15ClF2N2O2/c1-10-17(19(25-27-10)18-14(21)3-2-4-15(18)23)20(26)24-16-8-5-11-9-12(22)6-7-13(11)16/h2-4,6-7,9,16H,5,8H2,1H3,(H,24,26). The molecule has 1 aliphatic carbocycles. The first kappa shape index (κ1) is 17.7. The van der Waals surface area contributed by atoms with Crippen LogP contribution < -0.4 is 5.32 Å². The number of rotatable bonds is 3. The minimum Gasteiger partial charge on any atom is -0.360 e. The molecule has 0 saturated carbocycles. The van der Waals surface area contributed by atoms with Gasteiger partial charge >= 0.3 is 0 Å². The molecule has 2 aromatic carbocycles. The highest BCUT2D eigenvalue weighted by Gasteiger charge is 2.29. The molecule has 1 atom stereocenters. The van der Waals surface area contributed by atoms with Crippen molar-refractivity contribution in [3.63, 3.8) is 0 Å². The first-order valence-electron chi connectivity index (χ1n) is 8.45. The molecule has 27 heavy (non-hydrogen) atoms. The molecule has 3 aromatic rings. The third-order valence-corrected chi connectivity index (χ3v) is 5.09. The molecule has 4 rings (SSSR count). The Morgan fingerprint density at radius 2 is 2.11 bits per heavy atom. The van der Waals surface area contributed by atoms with E-state index in [0.717, 1.165) is 11.1 Å². The van der Waals surface area contributed by atoms with E-state index < -0.39 is 11.7 Å². The molecule has 1 unspecified atom stereocenters. The summed E-state index contributed by atoms with van der Waals surface area (Å²) in [6.45, 7) is 1.58. The Bertz CT molecular complexity index is 1030. The summed E-state index contributed by atoms with van der Waals surface area (Å²) in [4.78, 5) is 12.9. The maximum atomic E-state index is 14.3. The topological polar surface area (TPSA) is 55.1 Å². The summed E-state index contributed by atoms with van der Waals surface area (Å²) in [6.07, 6.45) is 1.33. The zero-order chi connectivity index (χ0) is 19.1. The van der Waals surface area contributed by atoms with Crippen molar-refractivity contribution in [3.05, 3.63) is 75.5 Å². The molecule has 1 N–H and O–H groups in total. The fourth-order valence-electron chi connectivity index (χ4n) is 3.50. The Labute approximate surface area is 159 Å². The highest BCUT2D eigenvalue weighted by molar-refractivity contribution is 6.33. The third-order valence-electron chi connectivity index (χ3n) is 4.78. The number of hydrogen-bond donors (Lipinski definition) is 1. The van der Waals surface area contributed by atoms with Gasteiger partial charge in [0.15, 0.2) is 0 Å². The summed E-state index contributed by atoms with van der Waals surface area (Å²) in [6, 6.07) is 8.52. The predicted molar refractivity (Wildman–Crippen MR) is 96.6 cm³/mol. The Morgan fingerprint density at radius 1 is 1.30 bits per heavy atom. The summed E-state index contributed by atoms with van der Waals surface area (Å²) in [5.41, 5.74) is 1.97. The number of amides is 1. The average Bonchev–Trinajstić information content (AvgIpc) is 3.18. The molecule has 0 saturated heterocycles. The molecule has 0 fully saturated rings. The molecule has 0 bridgehead atoms. The Hall–Kier alpha value is -2.73. The van der Waals surface area contributed by atoms with Crippen LogP contribution in [0.3, 0.4) is 0 Å².